The molecule has 1 aromatic heterocycles. The number of amides is 1. The summed E-state index contributed by atoms with van der Waals surface area (Å²) in [5, 5.41) is 15.2. The summed E-state index contributed by atoms with van der Waals surface area (Å²) in [6.45, 7) is 6.15. The minimum absolute atomic E-state index is 0.192. The standard InChI is InChI=1S/C25H25N5O3/c1-17-15-19(30-24(32)33-16-25(30,2)3)9-10-21(17)29-14-12-22(31)23(28-29)20(11-13-26)27-18-7-5-4-6-8-18/h4-15,26-27H,16H2,1-3H3/b20-11-,26-13?. The summed E-state index contributed by atoms with van der Waals surface area (Å²) in [5.41, 5.74) is 3.06. The molecule has 1 aliphatic rings. The molecule has 0 aliphatic carbocycles. The highest BCUT2D eigenvalue weighted by molar-refractivity contribution is 5.91. The Balaban J connectivity index is 1.71. The lowest BCUT2D eigenvalue weighted by Gasteiger charge is -2.28. The Labute approximate surface area is 191 Å². The molecule has 1 aliphatic heterocycles. The van der Waals surface area contributed by atoms with E-state index in [0.717, 1.165) is 28.8 Å². The Morgan fingerprint density at radius 2 is 1.91 bits per heavy atom. The van der Waals surface area contributed by atoms with Gasteiger partial charge in [0, 0.05) is 29.9 Å². The van der Waals surface area contributed by atoms with Crippen LogP contribution in [0.4, 0.5) is 16.2 Å². The van der Waals surface area contributed by atoms with E-state index in [-0.39, 0.29) is 17.2 Å². The fraction of sp³-hybridized carbons (Fsp3) is 0.200. The second-order valence-corrected chi connectivity index (χ2v) is 8.38. The number of hydrogen-bond acceptors (Lipinski definition) is 6. The predicted molar refractivity (Wildman–Crippen MR) is 129 cm³/mol. The summed E-state index contributed by atoms with van der Waals surface area (Å²) < 4.78 is 6.84. The Morgan fingerprint density at radius 3 is 2.55 bits per heavy atom. The molecule has 0 bridgehead atoms. The third kappa shape index (κ3) is 4.41. The lowest BCUT2D eigenvalue weighted by atomic mass is 10.0. The van der Waals surface area contributed by atoms with E-state index < -0.39 is 5.54 Å². The van der Waals surface area contributed by atoms with Crippen molar-refractivity contribution in [3.8, 4) is 5.69 Å². The molecule has 2 heterocycles. The summed E-state index contributed by atoms with van der Waals surface area (Å²) in [7, 11) is 0. The largest absolute Gasteiger partial charge is 0.447 e. The quantitative estimate of drug-likeness (QED) is 0.551. The van der Waals surface area contributed by atoms with Crippen LogP contribution in [0.3, 0.4) is 0 Å². The first-order valence-corrected chi connectivity index (χ1v) is 10.5. The molecule has 1 amide bonds. The van der Waals surface area contributed by atoms with Crippen molar-refractivity contribution >= 4 is 29.4 Å². The molecule has 33 heavy (non-hydrogen) atoms. The minimum atomic E-state index is -0.441. The van der Waals surface area contributed by atoms with Crippen LogP contribution in [0.1, 0.15) is 25.1 Å². The molecule has 0 saturated carbocycles. The first-order valence-electron chi connectivity index (χ1n) is 10.5. The molecule has 0 radical (unpaired) electrons. The number of ether oxygens (including phenoxy) is 1. The van der Waals surface area contributed by atoms with E-state index in [1.807, 2.05) is 69.3 Å². The van der Waals surface area contributed by atoms with Gasteiger partial charge in [-0.1, -0.05) is 18.2 Å². The average molecular weight is 444 g/mol. The zero-order chi connectivity index (χ0) is 23.6. The maximum absolute atomic E-state index is 12.6. The smallest absolute Gasteiger partial charge is 0.414 e. The van der Waals surface area contributed by atoms with Crippen molar-refractivity contribution in [2.24, 2.45) is 0 Å². The van der Waals surface area contributed by atoms with Gasteiger partial charge >= 0.3 is 6.09 Å². The molecule has 0 unspecified atom stereocenters. The molecule has 8 heteroatoms. The van der Waals surface area contributed by atoms with E-state index in [2.05, 4.69) is 10.4 Å². The topological polar surface area (TPSA) is 100 Å². The van der Waals surface area contributed by atoms with Gasteiger partial charge < -0.3 is 15.5 Å². The number of carbonyl (C=O) groups excluding carboxylic acids is 1. The second kappa shape index (κ2) is 8.74. The van der Waals surface area contributed by atoms with Crippen molar-refractivity contribution in [2.75, 3.05) is 16.8 Å². The maximum Gasteiger partial charge on any atom is 0.414 e. The molecule has 3 aromatic rings. The fourth-order valence-corrected chi connectivity index (χ4v) is 3.77. The molecule has 1 fully saturated rings. The lowest BCUT2D eigenvalue weighted by molar-refractivity contribution is 0.175. The summed E-state index contributed by atoms with van der Waals surface area (Å²) in [6, 6.07) is 16.4. The first kappa shape index (κ1) is 22.0. The number of nitrogens with one attached hydrogen (secondary N) is 2. The Bertz CT molecular complexity index is 1290. The van der Waals surface area contributed by atoms with Gasteiger partial charge in [0.2, 0.25) is 5.43 Å². The number of anilines is 2. The minimum Gasteiger partial charge on any atom is -0.447 e. The van der Waals surface area contributed by atoms with Gasteiger partial charge in [-0.3, -0.25) is 9.69 Å². The molecule has 4 rings (SSSR count). The van der Waals surface area contributed by atoms with Crippen molar-refractivity contribution in [1.82, 2.24) is 9.78 Å². The maximum atomic E-state index is 12.6. The molecule has 0 atom stereocenters. The summed E-state index contributed by atoms with van der Waals surface area (Å²) in [6.07, 6.45) is 3.84. The third-order valence-corrected chi connectivity index (χ3v) is 5.39. The van der Waals surface area contributed by atoms with Crippen LogP contribution in [-0.2, 0) is 4.74 Å². The van der Waals surface area contributed by atoms with E-state index in [0.29, 0.717) is 12.3 Å². The van der Waals surface area contributed by atoms with Gasteiger partial charge in [0.05, 0.1) is 16.9 Å². The molecule has 8 nitrogen and oxygen atoms in total. The molecule has 2 N–H and O–H groups in total. The molecule has 168 valence electrons. The van der Waals surface area contributed by atoms with Crippen molar-refractivity contribution in [3.63, 3.8) is 0 Å². The van der Waals surface area contributed by atoms with Crippen LogP contribution in [0.5, 0.6) is 0 Å². The van der Waals surface area contributed by atoms with E-state index in [1.54, 1.807) is 15.8 Å². The van der Waals surface area contributed by atoms with Gasteiger partial charge in [-0.05, 0) is 62.7 Å². The third-order valence-electron chi connectivity index (χ3n) is 5.39. The highest BCUT2D eigenvalue weighted by Gasteiger charge is 2.41. The number of hydrogen-bond donors (Lipinski definition) is 2. The summed E-state index contributed by atoms with van der Waals surface area (Å²) >= 11 is 0. The number of cyclic esters (lactones) is 1. The average Bonchev–Trinajstić information content (AvgIpc) is 3.07. The van der Waals surface area contributed by atoms with E-state index in [4.69, 9.17) is 10.1 Å². The van der Waals surface area contributed by atoms with Gasteiger partial charge in [0.25, 0.3) is 0 Å². The van der Waals surface area contributed by atoms with E-state index >= 15 is 0 Å². The highest BCUT2D eigenvalue weighted by Crippen LogP contribution is 2.32. The van der Waals surface area contributed by atoms with E-state index in [1.165, 1.54) is 12.1 Å². The molecule has 2 aromatic carbocycles. The predicted octanol–water partition coefficient (Wildman–Crippen LogP) is 4.38. The number of carbonyl (C=O) groups is 1. The van der Waals surface area contributed by atoms with Gasteiger partial charge in [-0.25, -0.2) is 9.48 Å². The van der Waals surface area contributed by atoms with Crippen molar-refractivity contribution in [2.45, 2.75) is 26.3 Å². The first-order chi connectivity index (χ1) is 15.8. The van der Waals surface area contributed by atoms with Gasteiger partial charge in [-0.2, -0.15) is 5.10 Å². The van der Waals surface area contributed by atoms with Crippen LogP contribution in [0, 0.1) is 12.3 Å². The van der Waals surface area contributed by atoms with Crippen molar-refractivity contribution in [3.05, 3.63) is 88.4 Å². The monoisotopic (exact) mass is 443 g/mol. The van der Waals surface area contributed by atoms with Gasteiger partial charge in [-0.15, -0.1) is 0 Å². The zero-order valence-corrected chi connectivity index (χ0v) is 18.7. The number of nitrogens with zero attached hydrogens (tertiary/aromatic N) is 3. The SMILES string of the molecule is Cc1cc(N2C(=O)OCC2(C)C)ccc1-n1ccc(=O)c(/C(=C/C=N)Nc2ccccc2)n1. The highest BCUT2D eigenvalue weighted by atomic mass is 16.6. The second-order valence-electron chi connectivity index (χ2n) is 8.38. The summed E-state index contributed by atoms with van der Waals surface area (Å²) in [5.74, 6) is 0. The number of para-hydroxylation sites is 1. The Kier molecular flexibility index (Phi) is 5.83. The molecule has 1 saturated heterocycles. The van der Waals surface area contributed by atoms with Crippen LogP contribution in [-0.4, -0.2) is 34.2 Å². The Morgan fingerprint density at radius 1 is 1.15 bits per heavy atom. The van der Waals surface area contributed by atoms with Gasteiger partial charge in [0.15, 0.2) is 5.69 Å². The lowest BCUT2D eigenvalue weighted by Crippen LogP contribution is -2.42. The number of benzene rings is 2. The fourth-order valence-electron chi connectivity index (χ4n) is 3.77. The molecular formula is C25H25N5O3. The number of aryl methyl sites for hydroxylation is 1. The van der Waals surface area contributed by atoms with Gasteiger partial charge in [0.1, 0.15) is 6.61 Å². The number of aromatic nitrogens is 2. The van der Waals surface area contributed by atoms with Crippen LogP contribution < -0.4 is 15.6 Å². The van der Waals surface area contributed by atoms with Crippen LogP contribution in [0.25, 0.3) is 11.4 Å². The van der Waals surface area contributed by atoms with Crippen molar-refractivity contribution in [1.29, 1.82) is 5.41 Å². The molecule has 0 spiro atoms. The van der Waals surface area contributed by atoms with Crippen LogP contribution in [0.2, 0.25) is 0 Å². The van der Waals surface area contributed by atoms with E-state index in [9.17, 15) is 9.59 Å². The Hall–Kier alpha value is -4.20. The van der Waals surface area contributed by atoms with Crippen molar-refractivity contribution < 1.29 is 9.53 Å². The zero-order valence-electron chi connectivity index (χ0n) is 18.7. The number of rotatable bonds is 6. The normalized spacial score (nSPS) is 15.3. The molecular weight excluding hydrogens is 418 g/mol. The van der Waals surface area contributed by atoms with Crippen LogP contribution >= 0.6 is 0 Å². The summed E-state index contributed by atoms with van der Waals surface area (Å²) in [4.78, 5) is 26.5. The van der Waals surface area contributed by atoms with Crippen LogP contribution in [0.15, 0.2) is 71.7 Å². The number of allylic oxidation sites excluding steroid dienone is 1.